The molecule has 29 heavy (non-hydrogen) atoms. The van der Waals surface area contributed by atoms with Gasteiger partial charge < -0.3 is 24.1 Å². The molecular weight excluding hydrogens is 368 g/mol. The third-order valence-corrected chi connectivity index (χ3v) is 6.20. The van der Waals surface area contributed by atoms with Crippen molar-refractivity contribution in [1.29, 1.82) is 0 Å². The number of piperidine rings is 1. The summed E-state index contributed by atoms with van der Waals surface area (Å²) in [6, 6.07) is 5.87. The lowest BCUT2D eigenvalue weighted by Gasteiger charge is -2.31. The minimum atomic E-state index is -0.0545. The van der Waals surface area contributed by atoms with Crippen molar-refractivity contribution in [3.8, 4) is 5.75 Å². The lowest BCUT2D eigenvalue weighted by atomic mass is 9.96. The molecule has 6 heteroatoms. The molecule has 0 unspecified atom stereocenters. The highest BCUT2D eigenvalue weighted by Crippen LogP contribution is 2.33. The van der Waals surface area contributed by atoms with E-state index >= 15 is 0 Å². The average molecular weight is 401 g/mol. The van der Waals surface area contributed by atoms with Crippen molar-refractivity contribution in [2.45, 2.75) is 38.5 Å². The van der Waals surface area contributed by atoms with Crippen LogP contribution in [0.5, 0.6) is 5.75 Å². The second-order valence-corrected chi connectivity index (χ2v) is 8.24. The third kappa shape index (κ3) is 5.11. The van der Waals surface area contributed by atoms with Gasteiger partial charge in [-0.15, -0.1) is 0 Å². The molecule has 1 amide bonds. The van der Waals surface area contributed by atoms with E-state index in [-0.39, 0.29) is 12.5 Å². The summed E-state index contributed by atoms with van der Waals surface area (Å²) in [6.07, 6.45) is 6.73. The molecule has 1 aromatic heterocycles. The number of amides is 1. The number of fused-ring (bicyclic) bond motifs is 3. The van der Waals surface area contributed by atoms with Gasteiger partial charge >= 0.3 is 0 Å². The number of nitrogens with zero attached hydrogens (tertiary/aromatic N) is 1. The van der Waals surface area contributed by atoms with Crippen molar-refractivity contribution in [2.24, 2.45) is 5.92 Å². The van der Waals surface area contributed by atoms with Gasteiger partial charge in [0.05, 0.1) is 6.61 Å². The molecule has 1 fully saturated rings. The molecule has 0 radical (unpaired) electrons. The number of hydrogen-bond donors (Lipinski definition) is 1. The maximum Gasteiger partial charge on any atom is 0.257 e. The van der Waals surface area contributed by atoms with Crippen molar-refractivity contribution in [3.05, 3.63) is 29.5 Å². The number of ether oxygens (including phenoxy) is 2. The van der Waals surface area contributed by atoms with E-state index in [1.165, 1.54) is 18.4 Å². The molecule has 4 rings (SSSR count). The van der Waals surface area contributed by atoms with E-state index in [2.05, 4.69) is 10.2 Å². The number of furan rings is 1. The van der Waals surface area contributed by atoms with Crippen LogP contribution < -0.4 is 10.1 Å². The number of benzene rings is 1. The first-order valence-electron chi connectivity index (χ1n) is 10.9. The molecule has 0 bridgehead atoms. The Bertz CT molecular complexity index is 824. The summed E-state index contributed by atoms with van der Waals surface area (Å²) in [5.74, 6) is 2.34. The van der Waals surface area contributed by atoms with Crippen LogP contribution in [0.3, 0.4) is 0 Å². The lowest BCUT2D eigenvalue weighted by Crippen LogP contribution is -2.40. The predicted octanol–water partition coefficient (Wildman–Crippen LogP) is 3.17. The number of likely N-dealkylation sites (tertiary alicyclic amines) is 1. The lowest BCUT2D eigenvalue weighted by molar-refractivity contribution is -0.123. The van der Waals surface area contributed by atoms with Crippen LogP contribution in [-0.2, 0) is 22.4 Å². The molecule has 158 valence electrons. The molecule has 1 N–H and O–H groups in total. The Morgan fingerprint density at radius 3 is 2.90 bits per heavy atom. The number of rotatable bonds is 8. The summed E-state index contributed by atoms with van der Waals surface area (Å²) in [5, 5.41) is 4.17. The summed E-state index contributed by atoms with van der Waals surface area (Å²) in [4.78, 5) is 14.7. The van der Waals surface area contributed by atoms with Crippen LogP contribution in [0, 0.1) is 5.92 Å². The number of methoxy groups -OCH3 is 1. The Hall–Kier alpha value is -2.05. The van der Waals surface area contributed by atoms with E-state index in [1.807, 2.05) is 18.2 Å². The summed E-state index contributed by atoms with van der Waals surface area (Å²) in [5.41, 5.74) is 2.24. The van der Waals surface area contributed by atoms with Crippen LogP contribution in [0.1, 0.15) is 37.0 Å². The van der Waals surface area contributed by atoms with Gasteiger partial charge in [-0.25, -0.2) is 0 Å². The summed E-state index contributed by atoms with van der Waals surface area (Å²) < 4.78 is 16.9. The van der Waals surface area contributed by atoms with Gasteiger partial charge in [0.15, 0.2) is 6.61 Å². The fourth-order valence-electron chi connectivity index (χ4n) is 4.42. The minimum absolute atomic E-state index is 0.0538. The first-order chi connectivity index (χ1) is 14.2. The maximum atomic E-state index is 12.2. The van der Waals surface area contributed by atoms with Crippen molar-refractivity contribution < 1.29 is 18.7 Å². The first-order valence-corrected chi connectivity index (χ1v) is 10.9. The highest BCUT2D eigenvalue weighted by Gasteiger charge is 2.20. The molecule has 0 saturated carbocycles. The fraction of sp³-hybridized carbons (Fsp3) is 0.609. The van der Waals surface area contributed by atoms with Crippen LogP contribution in [0.2, 0.25) is 0 Å². The Morgan fingerprint density at radius 1 is 1.24 bits per heavy atom. The number of hydrogen-bond acceptors (Lipinski definition) is 5. The number of carbonyl (C=O) groups is 1. The zero-order valence-electron chi connectivity index (χ0n) is 17.4. The van der Waals surface area contributed by atoms with Crippen molar-refractivity contribution in [1.82, 2.24) is 10.2 Å². The third-order valence-electron chi connectivity index (χ3n) is 6.20. The van der Waals surface area contributed by atoms with Crippen LogP contribution in [0.25, 0.3) is 11.0 Å². The molecule has 0 spiro atoms. The second-order valence-electron chi connectivity index (χ2n) is 8.24. The average Bonchev–Trinajstić information content (AvgIpc) is 3.13. The molecular formula is C23H32N2O4. The highest BCUT2D eigenvalue weighted by atomic mass is 16.5. The Morgan fingerprint density at radius 2 is 2.07 bits per heavy atom. The van der Waals surface area contributed by atoms with E-state index in [9.17, 15) is 4.79 Å². The largest absolute Gasteiger partial charge is 0.484 e. The Labute approximate surface area is 172 Å². The Kier molecular flexibility index (Phi) is 6.72. The zero-order chi connectivity index (χ0) is 20.1. The molecule has 2 heterocycles. The van der Waals surface area contributed by atoms with Gasteiger partial charge in [-0.2, -0.15) is 0 Å². The molecule has 1 aromatic carbocycles. The van der Waals surface area contributed by atoms with Gasteiger partial charge in [0.25, 0.3) is 5.91 Å². The van der Waals surface area contributed by atoms with E-state index in [0.29, 0.717) is 5.92 Å². The first kappa shape index (κ1) is 20.2. The Balaban J connectivity index is 1.22. The van der Waals surface area contributed by atoms with E-state index in [4.69, 9.17) is 13.9 Å². The van der Waals surface area contributed by atoms with Crippen LogP contribution in [0.4, 0.5) is 0 Å². The highest BCUT2D eigenvalue weighted by molar-refractivity contribution is 5.84. The SMILES string of the molecule is COCCN1CCC(CNC(=O)COc2ccc3oc4c(c3c2)CCCC4)CC1. The topological polar surface area (TPSA) is 63.9 Å². The summed E-state index contributed by atoms with van der Waals surface area (Å²) >= 11 is 0. The van der Waals surface area contributed by atoms with Crippen molar-refractivity contribution in [2.75, 3.05) is 46.5 Å². The van der Waals surface area contributed by atoms with Crippen LogP contribution in [-0.4, -0.2) is 57.3 Å². The van der Waals surface area contributed by atoms with Crippen molar-refractivity contribution >= 4 is 16.9 Å². The molecule has 1 aliphatic heterocycles. The minimum Gasteiger partial charge on any atom is -0.484 e. The van der Waals surface area contributed by atoms with Gasteiger partial charge in [0.1, 0.15) is 17.1 Å². The standard InChI is InChI=1S/C23H32N2O4/c1-27-13-12-25-10-8-17(9-11-25)15-24-23(26)16-28-18-6-7-22-20(14-18)19-4-2-3-5-21(19)29-22/h6-7,14,17H,2-5,8-13,15-16H2,1H3,(H,24,26). The fourth-order valence-corrected chi connectivity index (χ4v) is 4.42. The van der Waals surface area contributed by atoms with Crippen molar-refractivity contribution in [3.63, 3.8) is 0 Å². The normalized spacial score (nSPS) is 18.0. The zero-order valence-corrected chi connectivity index (χ0v) is 17.4. The molecule has 1 saturated heterocycles. The molecule has 2 aliphatic rings. The van der Waals surface area contributed by atoms with E-state index in [0.717, 1.165) is 80.9 Å². The molecule has 0 atom stereocenters. The maximum absolute atomic E-state index is 12.2. The predicted molar refractivity (Wildman–Crippen MR) is 112 cm³/mol. The number of carbonyl (C=O) groups excluding carboxylic acids is 1. The van der Waals surface area contributed by atoms with Gasteiger partial charge in [0, 0.05) is 37.6 Å². The van der Waals surface area contributed by atoms with Gasteiger partial charge in [-0.05, 0) is 69.3 Å². The summed E-state index contributed by atoms with van der Waals surface area (Å²) in [6.45, 7) is 4.72. The monoisotopic (exact) mass is 400 g/mol. The number of aryl methyl sites for hydroxylation is 2. The molecule has 6 nitrogen and oxygen atoms in total. The van der Waals surface area contributed by atoms with E-state index in [1.54, 1.807) is 7.11 Å². The van der Waals surface area contributed by atoms with Crippen LogP contribution in [0.15, 0.2) is 22.6 Å². The van der Waals surface area contributed by atoms with Gasteiger partial charge in [-0.3, -0.25) is 4.79 Å². The van der Waals surface area contributed by atoms with E-state index < -0.39 is 0 Å². The number of nitrogens with one attached hydrogen (secondary N) is 1. The van der Waals surface area contributed by atoms with Crippen LogP contribution >= 0.6 is 0 Å². The smallest absolute Gasteiger partial charge is 0.257 e. The quantitative estimate of drug-likeness (QED) is 0.737. The summed E-state index contributed by atoms with van der Waals surface area (Å²) in [7, 11) is 1.74. The molecule has 2 aromatic rings. The van der Waals surface area contributed by atoms with Gasteiger partial charge in [0.2, 0.25) is 0 Å². The second kappa shape index (κ2) is 9.63. The van der Waals surface area contributed by atoms with Gasteiger partial charge in [-0.1, -0.05) is 0 Å². The molecule has 1 aliphatic carbocycles.